The van der Waals surface area contributed by atoms with Gasteiger partial charge in [-0.3, -0.25) is 14.5 Å². The number of carbonyl (C=O) groups is 2. The van der Waals surface area contributed by atoms with Gasteiger partial charge in [0.25, 0.3) is 11.1 Å². The summed E-state index contributed by atoms with van der Waals surface area (Å²) in [7, 11) is 0. The topological polar surface area (TPSA) is 67.6 Å². The van der Waals surface area contributed by atoms with Crippen molar-refractivity contribution in [1.82, 2.24) is 4.90 Å². The average Bonchev–Trinajstić information content (AvgIpc) is 2.90. The quantitative estimate of drug-likeness (QED) is 0.502. The van der Waals surface area contributed by atoms with Crippen LogP contribution in [0.4, 0.5) is 4.79 Å². The summed E-state index contributed by atoms with van der Waals surface area (Å²) in [6.07, 6.45) is 1.43. The van der Waals surface area contributed by atoms with Crippen LogP contribution < -0.4 is 5.63 Å². The number of imide groups is 1. The van der Waals surface area contributed by atoms with Crippen molar-refractivity contribution in [2.24, 2.45) is 0 Å². The van der Waals surface area contributed by atoms with E-state index in [1.54, 1.807) is 18.2 Å². The molecule has 0 bridgehead atoms. The van der Waals surface area contributed by atoms with Crippen LogP contribution in [-0.4, -0.2) is 16.0 Å². The lowest BCUT2D eigenvalue weighted by atomic mass is 10.1. The number of hydrogen-bond donors (Lipinski definition) is 0. The van der Waals surface area contributed by atoms with Crippen LogP contribution in [0, 0.1) is 6.92 Å². The highest BCUT2D eigenvalue weighted by Gasteiger charge is 2.35. The number of hydrogen-bond acceptors (Lipinski definition) is 5. The zero-order valence-corrected chi connectivity index (χ0v) is 15.3. The zero-order valence-electron chi connectivity index (χ0n) is 14.5. The molecule has 27 heavy (non-hydrogen) atoms. The predicted molar refractivity (Wildman–Crippen MR) is 105 cm³/mol. The summed E-state index contributed by atoms with van der Waals surface area (Å²) < 4.78 is 5.28. The summed E-state index contributed by atoms with van der Waals surface area (Å²) in [6, 6.07) is 16.5. The van der Waals surface area contributed by atoms with E-state index >= 15 is 0 Å². The standard InChI is InChI=1S/C21H15NO4S/c1-13-5-4-6-14(9-13)12-22-19(23)18(27-21(22)25)11-16-10-15-7-2-3-8-17(15)26-20(16)24/h2-11H,12H2,1H3/b18-11+. The molecule has 1 fully saturated rings. The van der Waals surface area contributed by atoms with Gasteiger partial charge in [0.15, 0.2) is 0 Å². The van der Waals surface area contributed by atoms with Crippen molar-refractivity contribution in [3.8, 4) is 0 Å². The Bertz CT molecular complexity index is 1160. The number of rotatable bonds is 3. The molecule has 0 atom stereocenters. The Labute approximate surface area is 159 Å². The van der Waals surface area contributed by atoms with E-state index in [-0.39, 0.29) is 22.3 Å². The molecule has 4 rings (SSSR count). The van der Waals surface area contributed by atoms with Crippen molar-refractivity contribution < 1.29 is 14.0 Å². The van der Waals surface area contributed by atoms with Crippen LogP contribution in [-0.2, 0) is 11.3 Å². The molecule has 0 aliphatic carbocycles. The van der Waals surface area contributed by atoms with Gasteiger partial charge in [0.2, 0.25) is 0 Å². The zero-order chi connectivity index (χ0) is 19.0. The van der Waals surface area contributed by atoms with Crippen LogP contribution in [0.15, 0.2) is 68.7 Å². The molecule has 0 unspecified atom stereocenters. The normalized spacial score (nSPS) is 15.9. The minimum atomic E-state index is -0.542. The first kappa shape index (κ1) is 17.3. The smallest absolute Gasteiger partial charge is 0.343 e. The van der Waals surface area contributed by atoms with Crippen molar-refractivity contribution in [3.05, 3.63) is 86.6 Å². The van der Waals surface area contributed by atoms with Gasteiger partial charge in [0.05, 0.1) is 17.0 Å². The van der Waals surface area contributed by atoms with Gasteiger partial charge in [0, 0.05) is 5.39 Å². The predicted octanol–water partition coefficient (Wildman–Crippen LogP) is 4.34. The molecule has 0 saturated carbocycles. The Morgan fingerprint density at radius 1 is 1.04 bits per heavy atom. The molecule has 2 aromatic carbocycles. The summed E-state index contributed by atoms with van der Waals surface area (Å²) in [5.74, 6) is -0.404. The van der Waals surface area contributed by atoms with Gasteiger partial charge in [0.1, 0.15) is 5.58 Å². The molecule has 0 N–H and O–H groups in total. The van der Waals surface area contributed by atoms with E-state index in [9.17, 15) is 14.4 Å². The molecular weight excluding hydrogens is 362 g/mol. The van der Waals surface area contributed by atoms with E-state index in [0.717, 1.165) is 28.3 Å². The summed E-state index contributed by atoms with van der Waals surface area (Å²) >= 11 is 0.832. The van der Waals surface area contributed by atoms with Crippen LogP contribution in [0.3, 0.4) is 0 Å². The third-order valence-corrected chi connectivity index (χ3v) is 5.16. The third kappa shape index (κ3) is 3.44. The lowest BCUT2D eigenvalue weighted by Crippen LogP contribution is -2.27. The third-order valence-electron chi connectivity index (χ3n) is 4.25. The molecule has 0 radical (unpaired) electrons. The Morgan fingerprint density at radius 3 is 2.67 bits per heavy atom. The second-order valence-electron chi connectivity index (χ2n) is 6.28. The maximum atomic E-state index is 12.7. The summed E-state index contributed by atoms with van der Waals surface area (Å²) in [5.41, 5.74) is 2.12. The van der Waals surface area contributed by atoms with Crippen LogP contribution in [0.5, 0.6) is 0 Å². The van der Waals surface area contributed by atoms with Gasteiger partial charge in [-0.25, -0.2) is 4.79 Å². The molecule has 1 saturated heterocycles. The molecule has 6 heteroatoms. The van der Waals surface area contributed by atoms with E-state index in [0.29, 0.717) is 5.58 Å². The molecule has 5 nitrogen and oxygen atoms in total. The van der Waals surface area contributed by atoms with E-state index in [1.165, 1.54) is 11.0 Å². The fourth-order valence-corrected chi connectivity index (χ4v) is 3.78. The highest BCUT2D eigenvalue weighted by Crippen LogP contribution is 2.33. The monoisotopic (exact) mass is 377 g/mol. The molecule has 2 amide bonds. The largest absolute Gasteiger partial charge is 0.422 e. The Kier molecular flexibility index (Phi) is 4.41. The number of thioether (sulfide) groups is 1. The molecule has 0 spiro atoms. The number of aryl methyl sites for hydroxylation is 1. The summed E-state index contributed by atoms with van der Waals surface area (Å²) in [4.78, 5) is 38.6. The number of carbonyl (C=O) groups excluding carboxylic acids is 2. The number of para-hydroxylation sites is 1. The van der Waals surface area contributed by atoms with E-state index in [4.69, 9.17) is 4.42 Å². The van der Waals surface area contributed by atoms with Crippen LogP contribution in [0.25, 0.3) is 17.0 Å². The van der Waals surface area contributed by atoms with Crippen molar-refractivity contribution in [1.29, 1.82) is 0 Å². The maximum Gasteiger partial charge on any atom is 0.343 e. The summed E-state index contributed by atoms with van der Waals surface area (Å²) in [5, 5.41) is 0.403. The molecule has 3 aromatic rings. The molecule has 1 aliphatic rings. The second-order valence-corrected chi connectivity index (χ2v) is 7.28. The Hall–Kier alpha value is -3.12. The minimum Gasteiger partial charge on any atom is -0.422 e. The van der Waals surface area contributed by atoms with Crippen LogP contribution >= 0.6 is 11.8 Å². The van der Waals surface area contributed by atoms with Gasteiger partial charge >= 0.3 is 5.63 Å². The van der Waals surface area contributed by atoms with Gasteiger partial charge < -0.3 is 4.42 Å². The van der Waals surface area contributed by atoms with E-state index < -0.39 is 11.5 Å². The maximum absolute atomic E-state index is 12.7. The molecular formula is C21H15NO4S. The van der Waals surface area contributed by atoms with E-state index in [2.05, 4.69) is 0 Å². The van der Waals surface area contributed by atoms with Crippen molar-refractivity contribution in [3.63, 3.8) is 0 Å². The highest BCUT2D eigenvalue weighted by atomic mass is 32.2. The number of fused-ring (bicyclic) bond motifs is 1. The lowest BCUT2D eigenvalue weighted by molar-refractivity contribution is -0.123. The molecule has 1 aromatic heterocycles. The van der Waals surface area contributed by atoms with Crippen molar-refractivity contribution >= 4 is 40.0 Å². The van der Waals surface area contributed by atoms with Crippen molar-refractivity contribution in [2.45, 2.75) is 13.5 Å². The fraction of sp³-hybridized carbons (Fsp3) is 0.0952. The lowest BCUT2D eigenvalue weighted by Gasteiger charge is -2.12. The summed E-state index contributed by atoms with van der Waals surface area (Å²) in [6.45, 7) is 2.16. The molecule has 134 valence electrons. The number of benzene rings is 2. The van der Waals surface area contributed by atoms with Crippen molar-refractivity contribution in [2.75, 3.05) is 0 Å². The Balaban J connectivity index is 1.65. The SMILES string of the molecule is Cc1cccc(CN2C(=O)S/C(=C/c3cc4ccccc4oc3=O)C2=O)c1. The Morgan fingerprint density at radius 2 is 1.85 bits per heavy atom. The highest BCUT2D eigenvalue weighted by molar-refractivity contribution is 8.18. The van der Waals surface area contributed by atoms with Gasteiger partial charge in [-0.15, -0.1) is 0 Å². The first-order valence-corrected chi connectivity index (χ1v) is 9.17. The van der Waals surface area contributed by atoms with Crippen LogP contribution in [0.1, 0.15) is 16.7 Å². The van der Waals surface area contributed by atoms with E-state index in [1.807, 2.05) is 43.3 Å². The second kappa shape index (κ2) is 6.89. The minimum absolute atomic E-state index is 0.204. The average molecular weight is 377 g/mol. The number of nitrogens with zero attached hydrogens (tertiary/aromatic N) is 1. The first-order valence-electron chi connectivity index (χ1n) is 8.35. The fourth-order valence-electron chi connectivity index (χ4n) is 2.95. The molecule has 1 aliphatic heterocycles. The van der Waals surface area contributed by atoms with Gasteiger partial charge in [-0.1, -0.05) is 48.0 Å². The van der Waals surface area contributed by atoms with Gasteiger partial charge in [-0.05, 0) is 42.5 Å². The van der Waals surface area contributed by atoms with Crippen LogP contribution in [0.2, 0.25) is 0 Å². The van der Waals surface area contributed by atoms with Gasteiger partial charge in [-0.2, -0.15) is 0 Å². The number of amides is 2. The first-order chi connectivity index (χ1) is 13.0. The molecule has 2 heterocycles.